The van der Waals surface area contributed by atoms with Crippen molar-refractivity contribution in [1.29, 1.82) is 0 Å². The Hall–Kier alpha value is -3.02. The van der Waals surface area contributed by atoms with Crippen molar-refractivity contribution in [3.63, 3.8) is 0 Å². The van der Waals surface area contributed by atoms with Crippen LogP contribution in [0.4, 0.5) is 11.4 Å². The molecular formula is C21H24N2O4. The Morgan fingerprint density at radius 1 is 1.15 bits per heavy atom. The lowest BCUT2D eigenvalue weighted by Crippen LogP contribution is -2.28. The minimum atomic E-state index is -0.408. The number of methoxy groups -OCH3 is 1. The fourth-order valence-corrected chi connectivity index (χ4v) is 3.09. The van der Waals surface area contributed by atoms with Gasteiger partial charge >= 0.3 is 0 Å². The van der Waals surface area contributed by atoms with Crippen molar-refractivity contribution in [2.75, 3.05) is 23.9 Å². The maximum Gasteiger partial charge on any atom is 0.229 e. The molecule has 27 heavy (non-hydrogen) atoms. The maximum atomic E-state index is 12.6. The summed E-state index contributed by atoms with van der Waals surface area (Å²) in [5, 5.41) is 2.86. The van der Waals surface area contributed by atoms with E-state index in [9.17, 15) is 9.59 Å². The van der Waals surface area contributed by atoms with E-state index in [-0.39, 0.29) is 24.3 Å². The molecule has 1 heterocycles. The van der Waals surface area contributed by atoms with Crippen LogP contribution in [0, 0.1) is 5.92 Å². The highest BCUT2D eigenvalue weighted by Gasteiger charge is 2.35. The molecule has 1 aliphatic heterocycles. The fraction of sp³-hybridized carbons (Fsp3) is 0.333. The predicted molar refractivity (Wildman–Crippen MR) is 104 cm³/mol. The Morgan fingerprint density at radius 2 is 1.85 bits per heavy atom. The number of nitrogens with one attached hydrogen (secondary N) is 1. The van der Waals surface area contributed by atoms with Gasteiger partial charge in [-0.1, -0.05) is 12.1 Å². The highest BCUT2D eigenvalue weighted by atomic mass is 16.5. The van der Waals surface area contributed by atoms with Gasteiger partial charge in [-0.3, -0.25) is 9.59 Å². The predicted octanol–water partition coefficient (Wildman–Crippen LogP) is 3.47. The summed E-state index contributed by atoms with van der Waals surface area (Å²) in [6.45, 7) is 4.27. The molecule has 0 saturated carbocycles. The molecule has 0 aliphatic carbocycles. The number of anilines is 2. The third-order valence-corrected chi connectivity index (χ3v) is 4.38. The van der Waals surface area contributed by atoms with Crippen molar-refractivity contribution < 1.29 is 19.1 Å². The van der Waals surface area contributed by atoms with Gasteiger partial charge in [-0.15, -0.1) is 0 Å². The van der Waals surface area contributed by atoms with Crippen molar-refractivity contribution >= 4 is 23.2 Å². The Morgan fingerprint density at radius 3 is 2.52 bits per heavy atom. The number of para-hydroxylation sites is 2. The molecule has 0 unspecified atom stereocenters. The van der Waals surface area contributed by atoms with E-state index in [2.05, 4.69) is 5.32 Å². The zero-order valence-electron chi connectivity index (χ0n) is 15.8. The van der Waals surface area contributed by atoms with Crippen LogP contribution in [0.1, 0.15) is 20.3 Å². The third kappa shape index (κ3) is 4.39. The Balaban J connectivity index is 1.67. The van der Waals surface area contributed by atoms with Crippen molar-refractivity contribution in [2.45, 2.75) is 26.4 Å². The van der Waals surface area contributed by atoms with Crippen LogP contribution in [0.25, 0.3) is 0 Å². The molecule has 0 bridgehead atoms. The summed E-state index contributed by atoms with van der Waals surface area (Å²) in [7, 11) is 1.55. The number of benzene rings is 2. The van der Waals surface area contributed by atoms with Crippen LogP contribution >= 0.6 is 0 Å². The first-order chi connectivity index (χ1) is 13.0. The first kappa shape index (κ1) is 18.8. The summed E-state index contributed by atoms with van der Waals surface area (Å²) in [4.78, 5) is 26.7. The smallest absolute Gasteiger partial charge is 0.229 e. The van der Waals surface area contributed by atoms with E-state index in [1.807, 2.05) is 50.2 Å². The molecule has 1 atom stereocenters. The SMILES string of the molecule is COc1ccccc1NC(=O)[C@H]1CC(=O)N(c2ccc(OC(C)C)cc2)C1. The Bertz CT molecular complexity index is 817. The first-order valence-electron chi connectivity index (χ1n) is 8.99. The van der Waals surface area contributed by atoms with Crippen LogP contribution in [-0.2, 0) is 9.59 Å². The molecule has 2 amide bonds. The van der Waals surface area contributed by atoms with Gasteiger partial charge in [0.15, 0.2) is 0 Å². The normalized spacial score (nSPS) is 16.5. The molecule has 142 valence electrons. The van der Waals surface area contributed by atoms with E-state index < -0.39 is 5.92 Å². The number of nitrogens with zero attached hydrogens (tertiary/aromatic N) is 1. The molecule has 1 N–H and O–H groups in total. The molecule has 6 heteroatoms. The van der Waals surface area contributed by atoms with E-state index in [0.717, 1.165) is 11.4 Å². The minimum Gasteiger partial charge on any atom is -0.495 e. The largest absolute Gasteiger partial charge is 0.495 e. The van der Waals surface area contributed by atoms with Gasteiger partial charge in [0, 0.05) is 18.7 Å². The molecule has 1 aliphatic rings. The number of rotatable bonds is 6. The number of hydrogen-bond donors (Lipinski definition) is 1. The second-order valence-electron chi connectivity index (χ2n) is 6.76. The molecule has 2 aromatic rings. The van der Waals surface area contributed by atoms with Crippen LogP contribution in [0.2, 0.25) is 0 Å². The maximum absolute atomic E-state index is 12.6. The quantitative estimate of drug-likeness (QED) is 0.848. The van der Waals surface area contributed by atoms with Crippen LogP contribution in [-0.4, -0.2) is 31.6 Å². The van der Waals surface area contributed by atoms with Crippen LogP contribution < -0.4 is 19.7 Å². The summed E-state index contributed by atoms with van der Waals surface area (Å²) in [5.41, 5.74) is 1.37. The molecule has 0 radical (unpaired) electrons. The standard InChI is InChI=1S/C21H24N2O4/c1-14(2)27-17-10-8-16(9-11-17)23-13-15(12-20(23)24)21(25)22-18-6-4-5-7-19(18)26-3/h4-11,14-15H,12-13H2,1-3H3,(H,22,25)/t15-/m0/s1. The molecular weight excluding hydrogens is 344 g/mol. The van der Waals surface area contributed by atoms with E-state index in [1.165, 1.54) is 0 Å². The van der Waals surface area contributed by atoms with Crippen LogP contribution in [0.5, 0.6) is 11.5 Å². The second kappa shape index (κ2) is 8.12. The van der Waals surface area contributed by atoms with Crippen molar-refractivity contribution in [3.05, 3.63) is 48.5 Å². The summed E-state index contributed by atoms with van der Waals surface area (Å²) in [6.07, 6.45) is 0.276. The summed E-state index contributed by atoms with van der Waals surface area (Å²) in [6, 6.07) is 14.6. The average Bonchev–Trinajstić information content (AvgIpc) is 3.04. The summed E-state index contributed by atoms with van der Waals surface area (Å²) >= 11 is 0. The van der Waals surface area contributed by atoms with Crippen molar-refractivity contribution in [2.24, 2.45) is 5.92 Å². The van der Waals surface area contributed by atoms with Gasteiger partial charge in [-0.05, 0) is 50.2 Å². The lowest BCUT2D eigenvalue weighted by molar-refractivity contribution is -0.122. The van der Waals surface area contributed by atoms with Gasteiger partial charge in [0.2, 0.25) is 11.8 Å². The molecule has 2 aromatic carbocycles. The molecule has 6 nitrogen and oxygen atoms in total. The van der Waals surface area contributed by atoms with Gasteiger partial charge in [-0.2, -0.15) is 0 Å². The molecule has 1 saturated heterocycles. The highest BCUT2D eigenvalue weighted by Crippen LogP contribution is 2.29. The number of hydrogen-bond acceptors (Lipinski definition) is 4. The monoisotopic (exact) mass is 368 g/mol. The first-order valence-corrected chi connectivity index (χ1v) is 8.99. The van der Waals surface area contributed by atoms with Crippen molar-refractivity contribution in [3.8, 4) is 11.5 Å². The van der Waals surface area contributed by atoms with Crippen molar-refractivity contribution in [1.82, 2.24) is 0 Å². The van der Waals surface area contributed by atoms with E-state index in [4.69, 9.17) is 9.47 Å². The van der Waals surface area contributed by atoms with Crippen LogP contribution in [0.3, 0.4) is 0 Å². The van der Waals surface area contributed by atoms with E-state index in [1.54, 1.807) is 24.1 Å². The van der Waals surface area contributed by atoms with Crippen LogP contribution in [0.15, 0.2) is 48.5 Å². The van der Waals surface area contributed by atoms with Gasteiger partial charge in [0.25, 0.3) is 0 Å². The number of ether oxygens (including phenoxy) is 2. The Kier molecular flexibility index (Phi) is 5.64. The van der Waals surface area contributed by atoms with Gasteiger partial charge in [0.1, 0.15) is 11.5 Å². The second-order valence-corrected chi connectivity index (χ2v) is 6.76. The molecule has 0 spiro atoms. The fourth-order valence-electron chi connectivity index (χ4n) is 3.09. The number of carbonyl (C=O) groups is 2. The van der Waals surface area contributed by atoms with Gasteiger partial charge in [-0.25, -0.2) is 0 Å². The summed E-state index contributed by atoms with van der Waals surface area (Å²) in [5.74, 6) is 0.690. The van der Waals surface area contributed by atoms with E-state index in [0.29, 0.717) is 18.0 Å². The zero-order valence-corrected chi connectivity index (χ0v) is 15.8. The lowest BCUT2D eigenvalue weighted by Gasteiger charge is -2.18. The molecule has 0 aromatic heterocycles. The average molecular weight is 368 g/mol. The summed E-state index contributed by atoms with van der Waals surface area (Å²) < 4.78 is 10.9. The highest BCUT2D eigenvalue weighted by molar-refractivity contribution is 6.03. The third-order valence-electron chi connectivity index (χ3n) is 4.38. The molecule has 1 fully saturated rings. The lowest BCUT2D eigenvalue weighted by atomic mass is 10.1. The zero-order chi connectivity index (χ0) is 19.4. The van der Waals surface area contributed by atoms with E-state index >= 15 is 0 Å². The topological polar surface area (TPSA) is 67.9 Å². The minimum absolute atomic E-state index is 0.0623. The molecule has 3 rings (SSSR count). The van der Waals surface area contributed by atoms with Gasteiger partial charge in [0.05, 0.1) is 24.8 Å². The Labute approximate surface area is 159 Å². The van der Waals surface area contributed by atoms with Gasteiger partial charge < -0.3 is 19.7 Å². The number of amides is 2. The number of carbonyl (C=O) groups excluding carboxylic acids is 2.